The fourth-order valence-electron chi connectivity index (χ4n) is 2.55. The van der Waals surface area contributed by atoms with Crippen molar-refractivity contribution in [1.82, 2.24) is 10.6 Å². The van der Waals surface area contributed by atoms with Crippen LogP contribution >= 0.6 is 0 Å². The molecule has 0 aromatic heterocycles. The molecule has 0 aliphatic heterocycles. The maximum atomic E-state index is 13.9. The lowest BCUT2D eigenvalue weighted by atomic mass is 10.0. The Morgan fingerprint density at radius 3 is 2.48 bits per heavy atom. The smallest absolute Gasteiger partial charge is 0.328 e. The van der Waals surface area contributed by atoms with Gasteiger partial charge in [0.05, 0.1) is 13.2 Å². The van der Waals surface area contributed by atoms with Crippen molar-refractivity contribution in [2.75, 3.05) is 7.11 Å². The summed E-state index contributed by atoms with van der Waals surface area (Å²) in [6.45, 7) is 1.25. The number of nitriles is 1. The number of esters is 1. The summed E-state index contributed by atoms with van der Waals surface area (Å²) >= 11 is 0. The number of hydrogen-bond acceptors (Lipinski definition) is 5. The number of nitrogens with zero attached hydrogens (tertiary/aromatic N) is 1. The molecule has 0 saturated carbocycles. The zero-order chi connectivity index (χ0) is 20.2. The monoisotopic (exact) mass is 377 g/mol. The van der Waals surface area contributed by atoms with E-state index in [1.807, 2.05) is 6.07 Å². The van der Waals surface area contributed by atoms with Gasteiger partial charge in [0.1, 0.15) is 17.9 Å². The Kier molecular flexibility index (Phi) is 9.51. The third-order valence-electron chi connectivity index (χ3n) is 3.91. The van der Waals surface area contributed by atoms with E-state index in [2.05, 4.69) is 10.6 Å². The molecule has 1 aromatic carbocycles. The Morgan fingerprint density at radius 1 is 1.19 bits per heavy atom. The van der Waals surface area contributed by atoms with Crippen molar-refractivity contribution >= 4 is 17.8 Å². The molecule has 27 heavy (non-hydrogen) atoms. The first kappa shape index (κ1) is 22.1. The van der Waals surface area contributed by atoms with Crippen LogP contribution in [0.2, 0.25) is 0 Å². The van der Waals surface area contributed by atoms with Crippen LogP contribution in [0.5, 0.6) is 0 Å². The second kappa shape index (κ2) is 11.6. The van der Waals surface area contributed by atoms with Crippen LogP contribution in [0.25, 0.3) is 0 Å². The number of benzene rings is 1. The second-order valence-electron chi connectivity index (χ2n) is 6.04. The largest absolute Gasteiger partial charge is 0.467 e. The molecule has 146 valence electrons. The molecule has 2 N–H and O–H groups in total. The molecule has 7 nitrogen and oxygen atoms in total. The molecular weight excluding hydrogens is 353 g/mol. The van der Waals surface area contributed by atoms with Crippen LogP contribution in [0.3, 0.4) is 0 Å². The highest BCUT2D eigenvalue weighted by Crippen LogP contribution is 2.11. The minimum atomic E-state index is -1.04. The van der Waals surface area contributed by atoms with E-state index >= 15 is 0 Å². The number of unbranched alkanes of at least 4 members (excludes halogenated alkanes) is 2. The average Bonchev–Trinajstić information content (AvgIpc) is 2.64. The maximum Gasteiger partial charge on any atom is 0.328 e. The van der Waals surface area contributed by atoms with Gasteiger partial charge in [-0.25, -0.2) is 9.18 Å². The van der Waals surface area contributed by atoms with Gasteiger partial charge in [0.25, 0.3) is 0 Å². The molecule has 1 aromatic rings. The number of hydrogen-bond donors (Lipinski definition) is 2. The summed E-state index contributed by atoms with van der Waals surface area (Å²) in [6, 6.07) is 6.02. The summed E-state index contributed by atoms with van der Waals surface area (Å²) in [5.41, 5.74) is 0.273. The molecule has 0 heterocycles. The number of halogens is 1. The van der Waals surface area contributed by atoms with Crippen molar-refractivity contribution < 1.29 is 23.5 Å². The first-order valence-corrected chi connectivity index (χ1v) is 8.64. The number of nitrogens with one attached hydrogen (secondary N) is 2. The van der Waals surface area contributed by atoms with E-state index in [0.717, 1.165) is 0 Å². The maximum absolute atomic E-state index is 13.9. The molecule has 2 atom stereocenters. The van der Waals surface area contributed by atoms with Crippen molar-refractivity contribution in [3.05, 3.63) is 35.6 Å². The van der Waals surface area contributed by atoms with Crippen LogP contribution in [0.1, 0.15) is 38.2 Å². The van der Waals surface area contributed by atoms with Gasteiger partial charge in [-0.1, -0.05) is 18.2 Å². The molecule has 8 heteroatoms. The molecule has 2 amide bonds. The summed E-state index contributed by atoms with van der Waals surface area (Å²) in [7, 11) is 1.21. The molecule has 0 aliphatic rings. The number of carbonyl (C=O) groups excluding carboxylic acids is 3. The predicted molar refractivity (Wildman–Crippen MR) is 95.7 cm³/mol. The van der Waals surface area contributed by atoms with Crippen LogP contribution in [-0.4, -0.2) is 37.0 Å². The van der Waals surface area contributed by atoms with Crippen molar-refractivity contribution in [2.24, 2.45) is 0 Å². The Hall–Kier alpha value is -2.95. The van der Waals surface area contributed by atoms with Gasteiger partial charge in [0.2, 0.25) is 11.8 Å². The summed E-state index contributed by atoms with van der Waals surface area (Å²) < 4.78 is 18.6. The molecule has 0 spiro atoms. The van der Waals surface area contributed by atoms with Gasteiger partial charge in [-0.05, 0) is 30.9 Å². The SMILES string of the molecule is COC(=O)[C@H](CCCCC#N)NC(=O)[C@H](Cc1ccccc1F)NC(C)=O. The summed E-state index contributed by atoms with van der Waals surface area (Å²) in [6.07, 6.45) is 1.73. The van der Waals surface area contributed by atoms with E-state index in [4.69, 9.17) is 10.00 Å². The molecule has 0 aliphatic carbocycles. The lowest BCUT2D eigenvalue weighted by Crippen LogP contribution is -2.52. The molecule has 0 unspecified atom stereocenters. The van der Waals surface area contributed by atoms with Gasteiger partial charge in [-0.3, -0.25) is 9.59 Å². The van der Waals surface area contributed by atoms with E-state index in [1.165, 1.54) is 32.2 Å². The minimum absolute atomic E-state index is 0.0551. The van der Waals surface area contributed by atoms with Gasteiger partial charge in [-0.15, -0.1) is 0 Å². The van der Waals surface area contributed by atoms with Gasteiger partial charge in [-0.2, -0.15) is 5.26 Å². The van der Waals surface area contributed by atoms with Crippen molar-refractivity contribution in [1.29, 1.82) is 5.26 Å². The van der Waals surface area contributed by atoms with Crippen molar-refractivity contribution in [3.8, 4) is 6.07 Å². The Balaban J connectivity index is 2.85. The standard InChI is InChI=1S/C19H24FN3O4/c1-13(24)22-17(12-14-8-5-6-9-15(14)20)18(25)23-16(19(26)27-2)10-4-3-7-11-21/h5-6,8-9,16-17H,3-4,7,10,12H2,1-2H3,(H,22,24)(H,23,25)/t16-,17-/m0/s1. The number of carbonyl (C=O) groups is 3. The lowest BCUT2D eigenvalue weighted by Gasteiger charge is -2.22. The van der Waals surface area contributed by atoms with E-state index in [9.17, 15) is 18.8 Å². The molecule has 0 saturated heterocycles. The van der Waals surface area contributed by atoms with Crippen molar-refractivity contribution in [3.63, 3.8) is 0 Å². The van der Waals surface area contributed by atoms with E-state index in [-0.39, 0.29) is 12.0 Å². The van der Waals surface area contributed by atoms with Crippen LogP contribution in [0, 0.1) is 17.1 Å². The number of rotatable bonds is 10. The molecule has 1 rings (SSSR count). The predicted octanol–water partition coefficient (Wildman–Crippen LogP) is 1.61. The normalized spacial score (nSPS) is 12.4. The van der Waals surface area contributed by atoms with Crippen LogP contribution in [-0.2, 0) is 25.5 Å². The van der Waals surface area contributed by atoms with Gasteiger partial charge >= 0.3 is 5.97 Å². The van der Waals surface area contributed by atoms with E-state index in [0.29, 0.717) is 25.7 Å². The average molecular weight is 377 g/mol. The zero-order valence-electron chi connectivity index (χ0n) is 15.5. The Morgan fingerprint density at radius 2 is 1.89 bits per heavy atom. The highest BCUT2D eigenvalue weighted by atomic mass is 19.1. The third-order valence-corrected chi connectivity index (χ3v) is 3.91. The summed E-state index contributed by atoms with van der Waals surface area (Å²) in [5, 5.41) is 13.6. The Bertz CT molecular complexity index is 702. The Labute approximate surface area is 157 Å². The van der Waals surface area contributed by atoms with Crippen LogP contribution in [0.4, 0.5) is 4.39 Å². The van der Waals surface area contributed by atoms with Gasteiger partial charge in [0, 0.05) is 19.8 Å². The summed E-state index contributed by atoms with van der Waals surface area (Å²) in [4.78, 5) is 36.0. The van der Waals surface area contributed by atoms with Crippen LogP contribution < -0.4 is 10.6 Å². The van der Waals surface area contributed by atoms with E-state index < -0.39 is 35.7 Å². The number of ether oxygens (including phenoxy) is 1. The zero-order valence-corrected chi connectivity index (χ0v) is 15.5. The highest BCUT2D eigenvalue weighted by molar-refractivity contribution is 5.90. The van der Waals surface area contributed by atoms with Crippen molar-refractivity contribution in [2.45, 2.75) is 51.1 Å². The molecular formula is C19H24FN3O4. The quantitative estimate of drug-likeness (QED) is 0.476. The molecule has 0 radical (unpaired) electrons. The molecule has 0 bridgehead atoms. The molecule has 0 fully saturated rings. The minimum Gasteiger partial charge on any atom is -0.467 e. The number of amides is 2. The van der Waals surface area contributed by atoms with Gasteiger partial charge < -0.3 is 15.4 Å². The lowest BCUT2D eigenvalue weighted by molar-refractivity contribution is -0.145. The fourth-order valence-corrected chi connectivity index (χ4v) is 2.55. The number of methoxy groups -OCH3 is 1. The fraction of sp³-hybridized carbons (Fsp3) is 0.474. The van der Waals surface area contributed by atoms with Crippen LogP contribution in [0.15, 0.2) is 24.3 Å². The summed E-state index contributed by atoms with van der Waals surface area (Å²) in [5.74, 6) is -2.16. The topological polar surface area (TPSA) is 108 Å². The first-order chi connectivity index (χ1) is 12.9. The van der Waals surface area contributed by atoms with E-state index in [1.54, 1.807) is 6.07 Å². The second-order valence-corrected chi connectivity index (χ2v) is 6.04. The highest BCUT2D eigenvalue weighted by Gasteiger charge is 2.27. The first-order valence-electron chi connectivity index (χ1n) is 8.64. The van der Waals surface area contributed by atoms with Gasteiger partial charge in [0.15, 0.2) is 0 Å². The third kappa shape index (κ3) is 7.86.